The van der Waals surface area contributed by atoms with Crippen LogP contribution in [0.4, 0.5) is 0 Å². The number of hydrogen-bond donors (Lipinski definition) is 1. The van der Waals surface area contributed by atoms with E-state index in [-0.39, 0.29) is 0 Å². The fourth-order valence-electron chi connectivity index (χ4n) is 1.29. The van der Waals surface area contributed by atoms with E-state index in [0.29, 0.717) is 5.92 Å². The lowest BCUT2D eigenvalue weighted by atomic mass is 10.2. The van der Waals surface area contributed by atoms with Crippen LogP contribution in [0, 0.1) is 5.92 Å². The van der Waals surface area contributed by atoms with Crippen LogP contribution in [0.1, 0.15) is 19.7 Å². The summed E-state index contributed by atoms with van der Waals surface area (Å²) in [6.07, 6.45) is 2.59. The Morgan fingerprint density at radius 3 is 2.88 bits per heavy atom. The average Bonchev–Trinajstić information content (AvgIpc) is 2.62. The van der Waals surface area contributed by atoms with Gasteiger partial charge in [0.15, 0.2) is 5.82 Å². The molecule has 0 aromatic carbocycles. The lowest BCUT2D eigenvalue weighted by molar-refractivity contribution is 0.112. The number of aromatic nitrogens is 3. The summed E-state index contributed by atoms with van der Waals surface area (Å²) in [6.45, 7) is 7.70. The Kier molecular flexibility index (Phi) is 6.03. The highest BCUT2D eigenvalue weighted by molar-refractivity contribution is 4.81. The topological polar surface area (TPSA) is 52.0 Å². The van der Waals surface area contributed by atoms with Crippen molar-refractivity contribution in [1.29, 1.82) is 0 Å². The van der Waals surface area contributed by atoms with Crippen molar-refractivity contribution in [2.75, 3.05) is 26.3 Å². The molecule has 0 fully saturated rings. The molecule has 5 nitrogen and oxygen atoms in total. The highest BCUT2D eigenvalue weighted by Crippen LogP contribution is 1.91. The number of hydrogen-bond acceptors (Lipinski definition) is 4. The SMILES string of the molecule is CC(C)COCCNCCc1ncn(C)n1. The van der Waals surface area contributed by atoms with Gasteiger partial charge >= 0.3 is 0 Å². The molecular weight excluding hydrogens is 204 g/mol. The van der Waals surface area contributed by atoms with E-state index in [4.69, 9.17) is 4.74 Å². The van der Waals surface area contributed by atoms with Crippen molar-refractivity contribution in [3.8, 4) is 0 Å². The Labute approximate surface area is 97.2 Å². The standard InChI is InChI=1S/C11H22N4O/c1-10(2)8-16-7-6-12-5-4-11-13-9-15(3)14-11/h9-10,12H,4-8H2,1-3H3. The molecule has 1 heterocycles. The summed E-state index contributed by atoms with van der Waals surface area (Å²) in [4.78, 5) is 4.15. The van der Waals surface area contributed by atoms with E-state index < -0.39 is 0 Å². The Morgan fingerprint density at radius 1 is 1.44 bits per heavy atom. The molecule has 1 aromatic rings. The van der Waals surface area contributed by atoms with Crippen LogP contribution in [0.5, 0.6) is 0 Å². The predicted molar refractivity (Wildman–Crippen MR) is 63.2 cm³/mol. The molecule has 0 aliphatic rings. The first-order valence-corrected chi connectivity index (χ1v) is 5.81. The molecule has 0 aliphatic carbocycles. The first-order chi connectivity index (χ1) is 7.68. The third kappa shape index (κ3) is 5.82. The zero-order chi connectivity index (χ0) is 11.8. The molecule has 0 radical (unpaired) electrons. The second-order valence-corrected chi connectivity index (χ2v) is 4.30. The molecular formula is C11H22N4O. The van der Waals surface area contributed by atoms with E-state index >= 15 is 0 Å². The maximum absolute atomic E-state index is 5.45. The summed E-state index contributed by atoms with van der Waals surface area (Å²) in [5.74, 6) is 1.50. The highest BCUT2D eigenvalue weighted by Gasteiger charge is 1.98. The Morgan fingerprint density at radius 2 is 2.25 bits per heavy atom. The smallest absolute Gasteiger partial charge is 0.151 e. The fourth-order valence-corrected chi connectivity index (χ4v) is 1.29. The van der Waals surface area contributed by atoms with Crippen LogP contribution in [-0.4, -0.2) is 41.1 Å². The normalized spacial score (nSPS) is 11.2. The average molecular weight is 226 g/mol. The molecule has 1 N–H and O–H groups in total. The molecule has 0 spiro atoms. The lowest BCUT2D eigenvalue weighted by Gasteiger charge is -2.07. The van der Waals surface area contributed by atoms with Gasteiger partial charge in [-0.15, -0.1) is 0 Å². The molecule has 0 atom stereocenters. The summed E-state index contributed by atoms with van der Waals surface area (Å²) in [5.41, 5.74) is 0. The van der Waals surface area contributed by atoms with E-state index in [1.54, 1.807) is 11.0 Å². The van der Waals surface area contributed by atoms with Gasteiger partial charge in [-0.2, -0.15) is 5.10 Å². The summed E-state index contributed by atoms with van der Waals surface area (Å²) in [7, 11) is 1.88. The molecule has 0 saturated carbocycles. The molecule has 5 heteroatoms. The number of ether oxygens (including phenoxy) is 1. The second kappa shape index (κ2) is 7.35. The van der Waals surface area contributed by atoms with Crippen molar-refractivity contribution in [1.82, 2.24) is 20.1 Å². The minimum absolute atomic E-state index is 0.609. The van der Waals surface area contributed by atoms with Gasteiger partial charge in [0.2, 0.25) is 0 Å². The largest absolute Gasteiger partial charge is 0.380 e. The quantitative estimate of drug-likeness (QED) is 0.660. The molecule has 0 bridgehead atoms. The number of aryl methyl sites for hydroxylation is 1. The zero-order valence-electron chi connectivity index (χ0n) is 10.4. The van der Waals surface area contributed by atoms with Crippen LogP contribution in [-0.2, 0) is 18.2 Å². The first-order valence-electron chi connectivity index (χ1n) is 5.81. The van der Waals surface area contributed by atoms with Crippen molar-refractivity contribution in [3.05, 3.63) is 12.2 Å². The van der Waals surface area contributed by atoms with Crippen molar-refractivity contribution in [3.63, 3.8) is 0 Å². The third-order valence-corrected chi connectivity index (χ3v) is 2.05. The Hall–Kier alpha value is -0.940. The summed E-state index contributed by atoms with van der Waals surface area (Å²) in [6, 6.07) is 0. The predicted octanol–water partition coefficient (Wildman–Crippen LogP) is 0.620. The van der Waals surface area contributed by atoms with Crippen molar-refractivity contribution >= 4 is 0 Å². The molecule has 1 rings (SSSR count). The third-order valence-electron chi connectivity index (χ3n) is 2.05. The van der Waals surface area contributed by atoms with Gasteiger partial charge in [-0.25, -0.2) is 4.98 Å². The minimum Gasteiger partial charge on any atom is -0.380 e. The fraction of sp³-hybridized carbons (Fsp3) is 0.818. The number of nitrogens with zero attached hydrogens (tertiary/aromatic N) is 3. The maximum atomic E-state index is 5.45. The van der Waals surface area contributed by atoms with E-state index in [1.807, 2.05) is 7.05 Å². The number of rotatable bonds is 8. The molecule has 0 aliphatic heterocycles. The molecule has 92 valence electrons. The van der Waals surface area contributed by atoms with Gasteiger partial charge in [0, 0.05) is 33.2 Å². The highest BCUT2D eigenvalue weighted by atomic mass is 16.5. The van der Waals surface area contributed by atoms with Gasteiger partial charge < -0.3 is 10.1 Å². The van der Waals surface area contributed by atoms with Crippen molar-refractivity contribution < 1.29 is 4.74 Å². The monoisotopic (exact) mass is 226 g/mol. The Bertz CT molecular complexity index is 285. The summed E-state index contributed by atoms with van der Waals surface area (Å²) >= 11 is 0. The molecule has 0 saturated heterocycles. The van der Waals surface area contributed by atoms with Crippen LogP contribution in [0.25, 0.3) is 0 Å². The van der Waals surface area contributed by atoms with E-state index in [1.165, 1.54) is 0 Å². The molecule has 0 amide bonds. The van der Waals surface area contributed by atoms with Gasteiger partial charge in [-0.05, 0) is 5.92 Å². The molecule has 1 aromatic heterocycles. The Balaban J connectivity index is 1.92. The first kappa shape index (κ1) is 13.1. The van der Waals surface area contributed by atoms with Gasteiger partial charge in [0.1, 0.15) is 6.33 Å². The summed E-state index contributed by atoms with van der Waals surface area (Å²) in [5, 5.41) is 7.50. The second-order valence-electron chi connectivity index (χ2n) is 4.30. The zero-order valence-corrected chi connectivity index (χ0v) is 10.4. The van der Waals surface area contributed by atoms with Gasteiger partial charge in [-0.3, -0.25) is 4.68 Å². The van der Waals surface area contributed by atoms with Crippen molar-refractivity contribution in [2.45, 2.75) is 20.3 Å². The van der Waals surface area contributed by atoms with Crippen LogP contribution < -0.4 is 5.32 Å². The lowest BCUT2D eigenvalue weighted by Crippen LogP contribution is -2.23. The van der Waals surface area contributed by atoms with E-state index in [2.05, 4.69) is 29.2 Å². The van der Waals surface area contributed by atoms with Crippen LogP contribution in [0.15, 0.2) is 6.33 Å². The van der Waals surface area contributed by atoms with E-state index in [0.717, 1.165) is 38.5 Å². The summed E-state index contributed by atoms with van der Waals surface area (Å²) < 4.78 is 7.18. The van der Waals surface area contributed by atoms with Gasteiger partial charge in [-0.1, -0.05) is 13.8 Å². The minimum atomic E-state index is 0.609. The maximum Gasteiger partial charge on any atom is 0.151 e. The molecule has 16 heavy (non-hydrogen) atoms. The van der Waals surface area contributed by atoms with Crippen LogP contribution in [0.2, 0.25) is 0 Å². The number of nitrogens with one attached hydrogen (secondary N) is 1. The van der Waals surface area contributed by atoms with Crippen LogP contribution in [0.3, 0.4) is 0 Å². The van der Waals surface area contributed by atoms with Crippen LogP contribution >= 0.6 is 0 Å². The van der Waals surface area contributed by atoms with Gasteiger partial charge in [0.05, 0.1) is 6.61 Å². The van der Waals surface area contributed by atoms with E-state index in [9.17, 15) is 0 Å². The van der Waals surface area contributed by atoms with Gasteiger partial charge in [0.25, 0.3) is 0 Å². The van der Waals surface area contributed by atoms with Crippen molar-refractivity contribution in [2.24, 2.45) is 13.0 Å². The molecule has 0 unspecified atom stereocenters.